The van der Waals surface area contributed by atoms with Gasteiger partial charge in [0.2, 0.25) is 0 Å². The minimum Gasteiger partial charge on any atom is -0.0925 e. The Morgan fingerprint density at radius 2 is 1.18 bits per heavy atom. The number of hydrogen-bond acceptors (Lipinski definition) is 0. The Hall–Kier alpha value is -0.0431. The van der Waals surface area contributed by atoms with Crippen molar-refractivity contribution in [2.24, 2.45) is 0 Å². The summed E-state index contributed by atoms with van der Waals surface area (Å²) in [5, 5.41) is 1.75. The molecule has 0 radical (unpaired) electrons. The van der Waals surface area contributed by atoms with Crippen LogP contribution in [0.4, 0.5) is 0 Å². The fourth-order valence-electron chi connectivity index (χ4n) is 3.89. The number of rotatable bonds is 7. The molecule has 0 aromatic heterocycles. The van der Waals surface area contributed by atoms with Gasteiger partial charge in [-0.3, -0.25) is 0 Å². The molecule has 3 atom stereocenters. The largest absolute Gasteiger partial charge is 0.0925 e. The fourth-order valence-corrected chi connectivity index (χ4v) is 11.7. The highest BCUT2D eigenvalue weighted by molar-refractivity contribution is 6.89. The zero-order valence-electron chi connectivity index (χ0n) is 13.4. The van der Waals surface area contributed by atoms with Crippen LogP contribution in [0.15, 0.2) is 11.3 Å². The Balaban J connectivity index is 5.69. The zero-order chi connectivity index (χ0) is 13.6. The summed E-state index contributed by atoms with van der Waals surface area (Å²) < 4.78 is 0. The molecule has 0 rings (SSSR count). The second-order valence-corrected chi connectivity index (χ2v) is 11.4. The van der Waals surface area contributed by atoms with Crippen molar-refractivity contribution in [3.63, 3.8) is 0 Å². The van der Waals surface area contributed by atoms with Crippen LogP contribution in [0.1, 0.15) is 74.7 Å². The van der Waals surface area contributed by atoms with Gasteiger partial charge in [0.15, 0.2) is 0 Å². The van der Waals surface area contributed by atoms with Crippen molar-refractivity contribution < 1.29 is 0 Å². The summed E-state index contributed by atoms with van der Waals surface area (Å²) >= 11 is 0. The smallest absolute Gasteiger partial charge is 0.0890 e. The average molecular weight is 255 g/mol. The van der Waals surface area contributed by atoms with Crippen LogP contribution in [0.5, 0.6) is 0 Å². The molecule has 3 unspecified atom stereocenters. The molecular weight excluding hydrogens is 220 g/mol. The molecule has 0 heterocycles. The van der Waals surface area contributed by atoms with E-state index in [-0.39, 0.29) is 0 Å². The Kier molecular flexibility index (Phi) is 7.39. The molecule has 0 spiro atoms. The van der Waals surface area contributed by atoms with Gasteiger partial charge >= 0.3 is 0 Å². The first-order chi connectivity index (χ1) is 7.93. The van der Waals surface area contributed by atoms with Gasteiger partial charge in [-0.15, -0.1) is 0 Å². The molecule has 1 heteroatoms. The van der Waals surface area contributed by atoms with E-state index in [9.17, 15) is 0 Å². The van der Waals surface area contributed by atoms with Crippen molar-refractivity contribution in [2.45, 2.75) is 91.3 Å². The minimum absolute atomic E-state index is 0.906. The highest BCUT2D eigenvalue weighted by Gasteiger charge is 2.46. The van der Waals surface area contributed by atoms with Gasteiger partial charge in [0, 0.05) is 0 Å². The molecule has 0 aromatic carbocycles. The lowest BCUT2D eigenvalue weighted by atomic mass is 10.3. The molecule has 0 fully saturated rings. The quantitative estimate of drug-likeness (QED) is 0.465. The van der Waals surface area contributed by atoms with Crippen LogP contribution >= 0.6 is 0 Å². The van der Waals surface area contributed by atoms with E-state index in [1.807, 2.05) is 0 Å². The lowest BCUT2D eigenvalue weighted by molar-refractivity contribution is 0.692. The monoisotopic (exact) mass is 254 g/mol. The van der Waals surface area contributed by atoms with Crippen LogP contribution < -0.4 is 0 Å². The van der Waals surface area contributed by atoms with Crippen molar-refractivity contribution >= 4 is 8.07 Å². The van der Waals surface area contributed by atoms with Crippen molar-refractivity contribution in [1.29, 1.82) is 0 Å². The van der Waals surface area contributed by atoms with Gasteiger partial charge in [0.05, 0.1) is 8.07 Å². The van der Waals surface area contributed by atoms with Gasteiger partial charge in [-0.1, -0.05) is 72.1 Å². The summed E-state index contributed by atoms with van der Waals surface area (Å²) in [4.78, 5) is 0. The maximum atomic E-state index is 2.51. The van der Waals surface area contributed by atoms with E-state index < -0.39 is 8.07 Å². The summed E-state index contributed by atoms with van der Waals surface area (Å²) in [6.07, 6.45) is 6.43. The molecule has 0 aromatic rings. The summed E-state index contributed by atoms with van der Waals surface area (Å²) in [6.45, 7) is 19.3. The highest BCUT2D eigenvalue weighted by atomic mass is 28.3. The first-order valence-corrected chi connectivity index (χ1v) is 9.79. The van der Waals surface area contributed by atoms with Crippen LogP contribution in [0, 0.1) is 0 Å². The molecule has 0 saturated heterocycles. The number of allylic oxidation sites excluding steroid dienone is 2. The van der Waals surface area contributed by atoms with Gasteiger partial charge in [-0.25, -0.2) is 0 Å². The molecule has 0 saturated carbocycles. The average Bonchev–Trinajstić information content (AvgIpc) is 2.37. The third-order valence-electron chi connectivity index (χ3n) is 5.40. The zero-order valence-corrected chi connectivity index (χ0v) is 14.4. The Morgan fingerprint density at radius 3 is 1.35 bits per heavy atom. The third-order valence-corrected chi connectivity index (χ3v) is 13.2. The van der Waals surface area contributed by atoms with E-state index in [2.05, 4.69) is 61.5 Å². The van der Waals surface area contributed by atoms with Gasteiger partial charge in [0.25, 0.3) is 0 Å². The molecule has 0 nitrogen and oxygen atoms in total. The van der Waals surface area contributed by atoms with Crippen LogP contribution in [0.3, 0.4) is 0 Å². The summed E-state index contributed by atoms with van der Waals surface area (Å²) in [5.74, 6) is 0. The Labute approximate surface area is 111 Å². The van der Waals surface area contributed by atoms with Gasteiger partial charge in [-0.2, -0.15) is 0 Å². The van der Waals surface area contributed by atoms with Gasteiger partial charge < -0.3 is 0 Å². The number of hydrogen-bond donors (Lipinski definition) is 0. The Morgan fingerprint density at radius 1 is 0.882 bits per heavy atom. The van der Waals surface area contributed by atoms with Crippen LogP contribution in [0.2, 0.25) is 16.6 Å². The van der Waals surface area contributed by atoms with E-state index in [1.165, 1.54) is 19.3 Å². The summed E-state index contributed by atoms with van der Waals surface area (Å²) in [5.41, 5.74) is 2.72. The maximum absolute atomic E-state index is 2.51. The second kappa shape index (κ2) is 7.40. The van der Waals surface area contributed by atoms with Crippen molar-refractivity contribution in [3.8, 4) is 0 Å². The predicted octanol–water partition coefficient (Wildman–Crippen LogP) is 6.34. The maximum Gasteiger partial charge on any atom is 0.0890 e. The van der Waals surface area contributed by atoms with E-state index >= 15 is 0 Å². The van der Waals surface area contributed by atoms with E-state index in [0.29, 0.717) is 0 Å². The fraction of sp³-hybridized carbons (Fsp3) is 0.875. The molecule has 0 bridgehead atoms. The third kappa shape index (κ3) is 3.04. The van der Waals surface area contributed by atoms with Gasteiger partial charge in [-0.05, 0) is 30.5 Å². The van der Waals surface area contributed by atoms with E-state index in [4.69, 9.17) is 0 Å². The van der Waals surface area contributed by atoms with Crippen LogP contribution in [-0.2, 0) is 0 Å². The van der Waals surface area contributed by atoms with Gasteiger partial charge in [0.1, 0.15) is 0 Å². The standard InChI is InChI=1S/C16H34Si/c1-9-13(5)17(14(6)10-2,15(7)11-3)16(8)12-4/h9,14-16H,10-12H2,1-8H3. The van der Waals surface area contributed by atoms with Crippen molar-refractivity contribution in [3.05, 3.63) is 11.3 Å². The van der Waals surface area contributed by atoms with Crippen molar-refractivity contribution in [2.75, 3.05) is 0 Å². The minimum atomic E-state index is -1.35. The summed E-state index contributed by atoms with van der Waals surface area (Å²) in [6, 6.07) is 0. The SMILES string of the molecule is CC=C(C)[Si](C(C)CC)(C(C)CC)C(C)CC. The second-order valence-electron chi connectivity index (χ2n) is 5.83. The van der Waals surface area contributed by atoms with Crippen LogP contribution in [-0.4, -0.2) is 8.07 Å². The molecule has 0 aliphatic carbocycles. The topological polar surface area (TPSA) is 0 Å². The lowest BCUT2D eigenvalue weighted by Crippen LogP contribution is -2.48. The molecule has 102 valence electrons. The van der Waals surface area contributed by atoms with Crippen LogP contribution in [0.25, 0.3) is 0 Å². The lowest BCUT2D eigenvalue weighted by Gasteiger charge is -2.47. The molecule has 0 aliphatic rings. The highest BCUT2D eigenvalue weighted by Crippen LogP contribution is 2.50. The van der Waals surface area contributed by atoms with E-state index in [1.54, 1.807) is 5.20 Å². The normalized spacial score (nSPS) is 21.8. The van der Waals surface area contributed by atoms with Crippen molar-refractivity contribution in [1.82, 2.24) is 0 Å². The Bertz CT molecular complexity index is 215. The molecule has 0 N–H and O–H groups in total. The predicted molar refractivity (Wildman–Crippen MR) is 84.3 cm³/mol. The van der Waals surface area contributed by atoms with E-state index in [0.717, 1.165) is 16.6 Å². The first-order valence-electron chi connectivity index (χ1n) is 7.56. The molecule has 17 heavy (non-hydrogen) atoms. The molecular formula is C16H34Si. The first kappa shape index (κ1) is 17.0. The molecule has 0 amide bonds. The molecule has 0 aliphatic heterocycles. The summed E-state index contributed by atoms with van der Waals surface area (Å²) in [7, 11) is -1.35.